The van der Waals surface area contributed by atoms with E-state index in [9.17, 15) is 18.0 Å². The van der Waals surface area contributed by atoms with E-state index in [0.717, 1.165) is 12.8 Å². The Morgan fingerprint density at radius 1 is 1.23 bits per heavy atom. The number of likely N-dealkylation sites (tertiary alicyclic amines) is 1. The molecular weight excluding hydrogens is 406 g/mol. The largest absolute Gasteiger partial charge is 0.342 e. The predicted octanol–water partition coefficient (Wildman–Crippen LogP) is 2.17. The van der Waals surface area contributed by atoms with E-state index in [-0.39, 0.29) is 29.1 Å². The number of aryl methyl sites for hydroxylation is 1. The third kappa shape index (κ3) is 5.32. The Hall–Kier alpha value is -3.01. The number of benzene rings is 1. The molecule has 0 bridgehead atoms. The van der Waals surface area contributed by atoms with Crippen molar-refractivity contribution in [3.8, 4) is 0 Å². The molecule has 2 heterocycles. The number of carbonyl (C=O) groups excluding carboxylic acids is 2. The molecule has 1 aromatic heterocycles. The summed E-state index contributed by atoms with van der Waals surface area (Å²) in [7, 11) is -3.85. The number of carbonyl (C=O) groups is 2. The highest BCUT2D eigenvalue weighted by atomic mass is 32.2. The quantitative estimate of drug-likeness (QED) is 0.661. The average Bonchev–Trinajstić information content (AvgIpc) is 3.07. The van der Waals surface area contributed by atoms with Crippen LogP contribution in [0.5, 0.6) is 0 Å². The molecule has 1 aliphatic rings. The monoisotopic (exact) mass is 431 g/mol. The topological polar surface area (TPSA) is 121 Å². The molecule has 1 atom stereocenters. The first-order chi connectivity index (χ1) is 14.3. The second-order valence-electron chi connectivity index (χ2n) is 7.24. The zero-order chi connectivity index (χ0) is 21.7. The molecule has 2 N–H and O–H groups in total. The lowest BCUT2D eigenvalue weighted by Crippen LogP contribution is -2.29. The van der Waals surface area contributed by atoms with Gasteiger partial charge in [-0.2, -0.15) is 0 Å². The molecule has 2 aromatic rings. The van der Waals surface area contributed by atoms with Gasteiger partial charge in [0.2, 0.25) is 17.8 Å². The summed E-state index contributed by atoms with van der Waals surface area (Å²) < 4.78 is 27.3. The van der Waals surface area contributed by atoms with E-state index in [1.54, 1.807) is 17.9 Å². The number of hydrogen-bond acceptors (Lipinski definition) is 6. The minimum Gasteiger partial charge on any atom is -0.342 e. The number of sulfonamides is 1. The van der Waals surface area contributed by atoms with Gasteiger partial charge in [0, 0.05) is 37.1 Å². The molecule has 1 aliphatic heterocycles. The number of aromatic nitrogens is 2. The van der Waals surface area contributed by atoms with Crippen molar-refractivity contribution in [3.63, 3.8) is 0 Å². The number of anilines is 2. The van der Waals surface area contributed by atoms with Crippen molar-refractivity contribution >= 4 is 33.5 Å². The smallest absolute Gasteiger partial charge is 0.264 e. The molecule has 0 radical (unpaired) electrons. The molecule has 0 spiro atoms. The molecular formula is C20H25N5O4S. The zero-order valence-electron chi connectivity index (χ0n) is 17.0. The molecule has 1 saturated heterocycles. The van der Waals surface area contributed by atoms with E-state index in [4.69, 9.17) is 0 Å². The first-order valence-corrected chi connectivity index (χ1v) is 11.3. The lowest BCUT2D eigenvalue weighted by atomic mass is 10.1. The molecule has 3 rings (SSSR count). The lowest BCUT2D eigenvalue weighted by Gasteiger charge is -2.16. The first kappa shape index (κ1) is 21.7. The van der Waals surface area contributed by atoms with Crippen LogP contribution < -0.4 is 10.0 Å². The second kappa shape index (κ2) is 9.21. The highest BCUT2D eigenvalue weighted by Crippen LogP contribution is 2.22. The third-order valence-corrected chi connectivity index (χ3v) is 6.16. The molecule has 0 saturated carbocycles. The summed E-state index contributed by atoms with van der Waals surface area (Å²) in [5.74, 6) is -0.664. The van der Waals surface area contributed by atoms with Crippen LogP contribution >= 0.6 is 0 Å². The Morgan fingerprint density at radius 2 is 1.97 bits per heavy atom. The summed E-state index contributed by atoms with van der Waals surface area (Å²) >= 11 is 0. The van der Waals surface area contributed by atoms with Crippen LogP contribution in [0.3, 0.4) is 0 Å². The van der Waals surface area contributed by atoms with E-state index in [2.05, 4.69) is 26.9 Å². The van der Waals surface area contributed by atoms with Gasteiger partial charge in [0.1, 0.15) is 0 Å². The molecule has 160 valence electrons. The number of hydrogen-bond donors (Lipinski definition) is 2. The Bertz CT molecular complexity index is 1020. The van der Waals surface area contributed by atoms with Gasteiger partial charge in [-0.15, -0.1) is 0 Å². The predicted molar refractivity (Wildman–Crippen MR) is 112 cm³/mol. The number of nitrogens with one attached hydrogen (secondary N) is 2. The second-order valence-corrected chi connectivity index (χ2v) is 8.92. The van der Waals surface area contributed by atoms with Crippen molar-refractivity contribution in [1.29, 1.82) is 0 Å². The Balaban J connectivity index is 1.61. The van der Waals surface area contributed by atoms with Gasteiger partial charge in [0.25, 0.3) is 10.0 Å². The van der Waals surface area contributed by atoms with Crippen LogP contribution in [0, 0.1) is 12.8 Å². The molecule has 30 heavy (non-hydrogen) atoms. The maximum Gasteiger partial charge on any atom is 0.264 e. The van der Waals surface area contributed by atoms with E-state index in [1.807, 2.05) is 0 Å². The number of unbranched alkanes of at least 4 members (excludes halogenated alkanes) is 1. The average molecular weight is 432 g/mol. The van der Waals surface area contributed by atoms with E-state index in [1.165, 1.54) is 30.5 Å². The van der Waals surface area contributed by atoms with Gasteiger partial charge in [-0.05, 0) is 43.7 Å². The van der Waals surface area contributed by atoms with Crippen molar-refractivity contribution in [2.24, 2.45) is 5.92 Å². The summed E-state index contributed by atoms with van der Waals surface area (Å²) in [5.41, 5.74) is 1.10. The highest BCUT2D eigenvalue weighted by molar-refractivity contribution is 7.92. The van der Waals surface area contributed by atoms with Crippen molar-refractivity contribution in [1.82, 2.24) is 14.9 Å². The van der Waals surface area contributed by atoms with Gasteiger partial charge in [-0.25, -0.2) is 23.1 Å². The van der Waals surface area contributed by atoms with Crippen molar-refractivity contribution in [2.75, 3.05) is 23.1 Å². The van der Waals surface area contributed by atoms with E-state index >= 15 is 0 Å². The van der Waals surface area contributed by atoms with Gasteiger partial charge in [0.05, 0.1) is 10.8 Å². The van der Waals surface area contributed by atoms with E-state index < -0.39 is 15.9 Å². The summed E-state index contributed by atoms with van der Waals surface area (Å²) in [5, 5.41) is 2.76. The van der Waals surface area contributed by atoms with Crippen LogP contribution in [-0.4, -0.2) is 48.2 Å². The molecule has 0 aliphatic carbocycles. The maximum absolute atomic E-state index is 12.5. The zero-order valence-corrected chi connectivity index (χ0v) is 17.8. The Labute approximate surface area is 176 Å². The molecule has 1 fully saturated rings. The SMILES string of the molecule is CCCCN1C[C@H](C(=O)Nc2ccc(S(=O)(=O)Nc3nccc(C)n3)cc2)CC1=O. The van der Waals surface area contributed by atoms with Crippen molar-refractivity contribution in [3.05, 3.63) is 42.2 Å². The molecule has 10 heteroatoms. The van der Waals surface area contributed by atoms with Crippen LogP contribution in [0.15, 0.2) is 41.4 Å². The molecule has 1 aromatic carbocycles. The highest BCUT2D eigenvalue weighted by Gasteiger charge is 2.33. The van der Waals surface area contributed by atoms with Gasteiger partial charge in [-0.1, -0.05) is 13.3 Å². The Kier molecular flexibility index (Phi) is 6.66. The summed E-state index contributed by atoms with van der Waals surface area (Å²) in [4.78, 5) is 34.2. The summed E-state index contributed by atoms with van der Waals surface area (Å²) in [6, 6.07) is 7.46. The van der Waals surface area contributed by atoms with Crippen molar-refractivity contribution in [2.45, 2.75) is 38.0 Å². The van der Waals surface area contributed by atoms with Gasteiger partial charge in [-0.3, -0.25) is 9.59 Å². The minimum absolute atomic E-state index is 0.00511. The minimum atomic E-state index is -3.85. The standard InChI is InChI=1S/C20H25N5O4S/c1-3-4-11-25-13-15(12-18(25)26)19(27)23-16-5-7-17(8-6-16)30(28,29)24-20-21-10-9-14(2)22-20/h5-10,15H,3-4,11-13H2,1-2H3,(H,23,27)(H,21,22,24)/t15-/m1/s1. The number of amides is 2. The van der Waals surface area contributed by atoms with Crippen LogP contribution in [-0.2, 0) is 19.6 Å². The lowest BCUT2D eigenvalue weighted by molar-refractivity contribution is -0.128. The van der Waals surface area contributed by atoms with Crippen molar-refractivity contribution < 1.29 is 18.0 Å². The first-order valence-electron chi connectivity index (χ1n) is 9.79. The van der Waals surface area contributed by atoms with Crippen LogP contribution in [0.25, 0.3) is 0 Å². The summed E-state index contributed by atoms with van der Waals surface area (Å²) in [6.45, 7) is 4.87. The number of nitrogens with zero attached hydrogens (tertiary/aromatic N) is 3. The Morgan fingerprint density at radius 3 is 2.63 bits per heavy atom. The van der Waals surface area contributed by atoms with Crippen LogP contribution in [0.4, 0.5) is 11.6 Å². The fraction of sp³-hybridized carbons (Fsp3) is 0.400. The summed E-state index contributed by atoms with van der Waals surface area (Å²) in [6.07, 6.45) is 3.57. The maximum atomic E-state index is 12.5. The van der Waals surface area contributed by atoms with Crippen LogP contribution in [0.2, 0.25) is 0 Å². The van der Waals surface area contributed by atoms with Crippen LogP contribution in [0.1, 0.15) is 31.9 Å². The molecule has 0 unspecified atom stereocenters. The number of rotatable bonds is 8. The van der Waals surface area contributed by atoms with E-state index in [0.29, 0.717) is 24.5 Å². The molecule has 2 amide bonds. The normalized spacial score (nSPS) is 16.5. The van der Waals surface area contributed by atoms with Gasteiger partial charge < -0.3 is 10.2 Å². The van der Waals surface area contributed by atoms with Gasteiger partial charge in [0.15, 0.2) is 0 Å². The fourth-order valence-corrected chi connectivity index (χ4v) is 4.10. The third-order valence-electron chi connectivity index (χ3n) is 4.82. The molecule has 9 nitrogen and oxygen atoms in total. The fourth-order valence-electron chi connectivity index (χ4n) is 3.15. The van der Waals surface area contributed by atoms with Gasteiger partial charge >= 0.3 is 0 Å².